The molecule has 1 aromatic carbocycles. The van der Waals surface area contributed by atoms with E-state index in [0.29, 0.717) is 6.04 Å². The summed E-state index contributed by atoms with van der Waals surface area (Å²) < 4.78 is 2.09. The van der Waals surface area contributed by atoms with Crippen LogP contribution in [-0.4, -0.2) is 15.8 Å². The molecule has 0 aliphatic rings. The van der Waals surface area contributed by atoms with Crippen LogP contribution < -0.4 is 5.32 Å². The molecule has 0 amide bonds. The van der Waals surface area contributed by atoms with E-state index in [1.54, 1.807) is 0 Å². The summed E-state index contributed by atoms with van der Waals surface area (Å²) in [6.45, 7) is 6.13. The second-order valence-electron chi connectivity index (χ2n) is 4.82. The molecule has 1 N–H and O–H groups in total. The summed E-state index contributed by atoms with van der Waals surface area (Å²) in [5.41, 5.74) is 2.61. The van der Waals surface area contributed by atoms with Crippen molar-refractivity contribution >= 4 is 0 Å². The number of nitrogens with one attached hydrogen (secondary N) is 1. The first kappa shape index (κ1) is 12.8. The molecule has 0 aliphatic heterocycles. The first-order chi connectivity index (χ1) is 8.75. The number of aryl methyl sites for hydroxylation is 2. The van der Waals surface area contributed by atoms with Crippen molar-refractivity contribution < 1.29 is 0 Å². The van der Waals surface area contributed by atoms with Crippen LogP contribution >= 0.6 is 0 Å². The number of aromatic nitrogens is 2. The van der Waals surface area contributed by atoms with Crippen LogP contribution in [0.15, 0.2) is 42.6 Å². The fraction of sp³-hybridized carbons (Fsp3) is 0.400. The molecule has 0 spiro atoms. The molecule has 2 rings (SSSR count). The second-order valence-corrected chi connectivity index (χ2v) is 4.82. The highest BCUT2D eigenvalue weighted by Crippen LogP contribution is 2.04. The molecule has 0 fully saturated rings. The van der Waals surface area contributed by atoms with Crippen LogP contribution in [0.5, 0.6) is 0 Å². The monoisotopic (exact) mass is 243 g/mol. The van der Waals surface area contributed by atoms with Gasteiger partial charge in [0.15, 0.2) is 0 Å². The van der Waals surface area contributed by atoms with E-state index in [9.17, 15) is 0 Å². The van der Waals surface area contributed by atoms with Crippen molar-refractivity contribution in [2.75, 3.05) is 0 Å². The number of hydrogen-bond donors (Lipinski definition) is 1. The van der Waals surface area contributed by atoms with Gasteiger partial charge in [-0.3, -0.25) is 4.68 Å². The molecule has 1 heterocycles. The number of rotatable bonds is 6. The summed E-state index contributed by atoms with van der Waals surface area (Å²) in [4.78, 5) is 0. The van der Waals surface area contributed by atoms with Crippen molar-refractivity contribution in [1.82, 2.24) is 15.1 Å². The highest BCUT2D eigenvalue weighted by molar-refractivity contribution is 5.14. The molecule has 2 aromatic rings. The molecule has 3 nitrogen and oxygen atoms in total. The molecular formula is C15H21N3. The summed E-state index contributed by atoms with van der Waals surface area (Å²) in [5.74, 6) is 0. The smallest absolute Gasteiger partial charge is 0.0522 e. The van der Waals surface area contributed by atoms with Crippen LogP contribution in [0.1, 0.15) is 25.1 Å². The van der Waals surface area contributed by atoms with Crippen LogP contribution in [0.2, 0.25) is 0 Å². The minimum atomic E-state index is 0.502. The molecule has 96 valence electrons. The standard InChI is InChI=1S/C15H21N3/c1-13(2)16-12-15-8-10-17-18(15)11-9-14-6-4-3-5-7-14/h3-8,10,13,16H,9,11-12H2,1-2H3. The Morgan fingerprint density at radius 3 is 2.67 bits per heavy atom. The van der Waals surface area contributed by atoms with Gasteiger partial charge in [0.1, 0.15) is 0 Å². The van der Waals surface area contributed by atoms with Gasteiger partial charge in [-0.25, -0.2) is 0 Å². The van der Waals surface area contributed by atoms with Crippen LogP contribution in [-0.2, 0) is 19.5 Å². The summed E-state index contributed by atoms with van der Waals surface area (Å²) in [6, 6.07) is 13.1. The second kappa shape index (κ2) is 6.36. The Balaban J connectivity index is 1.91. The van der Waals surface area contributed by atoms with Gasteiger partial charge in [0.05, 0.1) is 5.69 Å². The predicted octanol–water partition coefficient (Wildman–Crippen LogP) is 2.62. The third-order valence-electron chi connectivity index (χ3n) is 2.95. The Hall–Kier alpha value is -1.61. The molecular weight excluding hydrogens is 222 g/mol. The Kier molecular flexibility index (Phi) is 4.53. The minimum absolute atomic E-state index is 0.502. The van der Waals surface area contributed by atoms with Gasteiger partial charge >= 0.3 is 0 Å². The lowest BCUT2D eigenvalue weighted by Crippen LogP contribution is -2.24. The average molecular weight is 243 g/mol. The van der Waals surface area contributed by atoms with E-state index < -0.39 is 0 Å². The zero-order valence-corrected chi connectivity index (χ0v) is 11.1. The van der Waals surface area contributed by atoms with Gasteiger partial charge in [0.25, 0.3) is 0 Å². The summed E-state index contributed by atoms with van der Waals surface area (Å²) in [5, 5.41) is 7.81. The van der Waals surface area contributed by atoms with E-state index in [2.05, 4.69) is 65.3 Å². The Morgan fingerprint density at radius 1 is 1.17 bits per heavy atom. The maximum Gasteiger partial charge on any atom is 0.0522 e. The zero-order valence-electron chi connectivity index (χ0n) is 11.1. The minimum Gasteiger partial charge on any atom is -0.309 e. The Morgan fingerprint density at radius 2 is 1.94 bits per heavy atom. The number of nitrogens with zero attached hydrogens (tertiary/aromatic N) is 2. The molecule has 0 atom stereocenters. The van der Waals surface area contributed by atoms with E-state index >= 15 is 0 Å². The fourth-order valence-corrected chi connectivity index (χ4v) is 1.90. The van der Waals surface area contributed by atoms with Crippen molar-refractivity contribution in [1.29, 1.82) is 0 Å². The van der Waals surface area contributed by atoms with Crippen LogP contribution in [0.3, 0.4) is 0 Å². The van der Waals surface area contributed by atoms with Crippen LogP contribution in [0.4, 0.5) is 0 Å². The number of benzene rings is 1. The van der Waals surface area contributed by atoms with Crippen molar-refractivity contribution in [3.63, 3.8) is 0 Å². The van der Waals surface area contributed by atoms with Gasteiger partial charge in [-0.2, -0.15) is 5.10 Å². The first-order valence-electron chi connectivity index (χ1n) is 6.53. The van der Waals surface area contributed by atoms with Gasteiger partial charge in [0, 0.05) is 25.3 Å². The van der Waals surface area contributed by atoms with Crippen molar-refractivity contribution in [2.45, 2.75) is 39.4 Å². The zero-order chi connectivity index (χ0) is 12.8. The lowest BCUT2D eigenvalue weighted by Gasteiger charge is -2.10. The topological polar surface area (TPSA) is 29.9 Å². The lowest BCUT2D eigenvalue weighted by molar-refractivity contribution is 0.528. The highest BCUT2D eigenvalue weighted by Gasteiger charge is 2.03. The number of hydrogen-bond acceptors (Lipinski definition) is 2. The Labute approximate surface area is 109 Å². The quantitative estimate of drug-likeness (QED) is 0.845. The molecule has 0 saturated heterocycles. The normalized spacial score (nSPS) is 11.1. The summed E-state index contributed by atoms with van der Waals surface area (Å²) in [6.07, 6.45) is 2.90. The van der Waals surface area contributed by atoms with Gasteiger partial charge in [-0.05, 0) is 18.1 Å². The van der Waals surface area contributed by atoms with E-state index in [4.69, 9.17) is 0 Å². The maximum absolute atomic E-state index is 4.39. The van der Waals surface area contributed by atoms with Gasteiger partial charge in [-0.15, -0.1) is 0 Å². The molecule has 1 aromatic heterocycles. The van der Waals surface area contributed by atoms with E-state index in [1.807, 2.05) is 6.20 Å². The van der Waals surface area contributed by atoms with E-state index in [-0.39, 0.29) is 0 Å². The largest absolute Gasteiger partial charge is 0.309 e. The van der Waals surface area contributed by atoms with Gasteiger partial charge < -0.3 is 5.32 Å². The molecule has 0 unspecified atom stereocenters. The summed E-state index contributed by atoms with van der Waals surface area (Å²) in [7, 11) is 0. The van der Waals surface area contributed by atoms with Gasteiger partial charge in [0.2, 0.25) is 0 Å². The SMILES string of the molecule is CC(C)NCc1ccnn1CCc1ccccc1. The van der Waals surface area contributed by atoms with Crippen molar-refractivity contribution in [3.8, 4) is 0 Å². The highest BCUT2D eigenvalue weighted by atomic mass is 15.3. The lowest BCUT2D eigenvalue weighted by atomic mass is 10.1. The summed E-state index contributed by atoms with van der Waals surface area (Å²) >= 11 is 0. The Bertz CT molecular complexity index is 460. The molecule has 0 radical (unpaired) electrons. The van der Waals surface area contributed by atoms with E-state index in [1.165, 1.54) is 11.3 Å². The van der Waals surface area contributed by atoms with Crippen LogP contribution in [0, 0.1) is 0 Å². The van der Waals surface area contributed by atoms with Crippen molar-refractivity contribution in [2.24, 2.45) is 0 Å². The molecule has 0 bridgehead atoms. The molecule has 3 heteroatoms. The van der Waals surface area contributed by atoms with Crippen LogP contribution in [0.25, 0.3) is 0 Å². The fourth-order valence-electron chi connectivity index (χ4n) is 1.90. The molecule has 18 heavy (non-hydrogen) atoms. The van der Waals surface area contributed by atoms with Crippen molar-refractivity contribution in [3.05, 3.63) is 53.9 Å². The molecule has 0 aliphatic carbocycles. The first-order valence-corrected chi connectivity index (χ1v) is 6.53. The van der Waals surface area contributed by atoms with E-state index in [0.717, 1.165) is 19.5 Å². The predicted molar refractivity (Wildman–Crippen MR) is 74.3 cm³/mol. The van der Waals surface area contributed by atoms with Gasteiger partial charge in [-0.1, -0.05) is 44.2 Å². The third kappa shape index (κ3) is 3.70. The third-order valence-corrected chi connectivity index (χ3v) is 2.95. The molecule has 0 saturated carbocycles. The average Bonchev–Trinajstić information content (AvgIpc) is 2.82. The maximum atomic E-state index is 4.39.